The highest BCUT2D eigenvalue weighted by molar-refractivity contribution is 7.96. The number of unbranched alkanes of at least 4 members (excludes halogenated alkanes) is 7. The van der Waals surface area contributed by atoms with E-state index >= 15 is 0 Å². The second-order valence-electron chi connectivity index (χ2n) is 5.14. The van der Waals surface area contributed by atoms with Gasteiger partial charge in [0, 0.05) is 5.97 Å². The zero-order valence-corrected chi connectivity index (χ0v) is 14.6. The fourth-order valence-electron chi connectivity index (χ4n) is 2.00. The van der Waals surface area contributed by atoms with Crippen LogP contribution in [0.25, 0.3) is 0 Å². The maximum atomic E-state index is 8.91. The lowest BCUT2D eigenvalue weighted by molar-refractivity contribution is -0.302. The molecule has 0 bridgehead atoms. The number of aliphatic carboxylic acids is 1. The van der Waals surface area contributed by atoms with Gasteiger partial charge in [-0.05, 0) is 30.7 Å². The summed E-state index contributed by atoms with van der Waals surface area (Å²) >= 11 is 0. The van der Waals surface area contributed by atoms with Crippen molar-refractivity contribution in [2.75, 3.05) is 30.5 Å². The lowest BCUT2D eigenvalue weighted by Crippen LogP contribution is -2.20. The zero-order chi connectivity index (χ0) is 16.3. The fourth-order valence-corrected chi connectivity index (χ4v) is 3.75. The van der Waals surface area contributed by atoms with Gasteiger partial charge in [0.25, 0.3) is 0 Å². The molecule has 0 fully saturated rings. The SMILES string of the molecule is CC(=O)[O-].CCCCCCCCCC[S+](CCO)CCO. The highest BCUT2D eigenvalue weighted by Crippen LogP contribution is 2.10. The molecule has 0 atom stereocenters. The second-order valence-corrected chi connectivity index (χ2v) is 7.59. The van der Waals surface area contributed by atoms with Crippen LogP contribution < -0.4 is 5.11 Å². The van der Waals surface area contributed by atoms with Gasteiger partial charge in [0.2, 0.25) is 0 Å². The van der Waals surface area contributed by atoms with Crippen molar-refractivity contribution < 1.29 is 20.1 Å². The number of aliphatic hydroxyl groups excluding tert-OH is 2. The maximum absolute atomic E-state index is 8.91. The van der Waals surface area contributed by atoms with E-state index in [-0.39, 0.29) is 24.1 Å². The Morgan fingerprint density at radius 3 is 1.62 bits per heavy atom. The summed E-state index contributed by atoms with van der Waals surface area (Å²) in [4.78, 5) is 8.89. The van der Waals surface area contributed by atoms with E-state index in [0.29, 0.717) is 0 Å². The third-order valence-corrected chi connectivity index (χ3v) is 5.43. The Kier molecular flexibility index (Phi) is 21.6. The molecule has 21 heavy (non-hydrogen) atoms. The Bertz CT molecular complexity index is 202. The molecule has 128 valence electrons. The Morgan fingerprint density at radius 1 is 0.857 bits per heavy atom. The molecule has 0 unspecified atom stereocenters. The minimum absolute atomic E-state index is 0.265. The molecule has 0 aromatic rings. The first kappa shape index (κ1) is 23.0. The molecule has 0 saturated heterocycles. The van der Waals surface area contributed by atoms with Crippen LogP contribution in [0.15, 0.2) is 0 Å². The summed E-state index contributed by atoms with van der Waals surface area (Å²) in [6.07, 6.45) is 10.8. The van der Waals surface area contributed by atoms with Crippen molar-refractivity contribution in [3.8, 4) is 0 Å². The lowest BCUT2D eigenvalue weighted by atomic mass is 10.1. The van der Waals surface area contributed by atoms with Gasteiger partial charge in [0.15, 0.2) is 0 Å². The van der Waals surface area contributed by atoms with E-state index in [1.165, 1.54) is 57.1 Å². The van der Waals surface area contributed by atoms with E-state index in [1.807, 2.05) is 0 Å². The van der Waals surface area contributed by atoms with Gasteiger partial charge in [-0.25, -0.2) is 0 Å². The third kappa shape index (κ3) is 25.1. The Labute approximate surface area is 133 Å². The molecule has 0 spiro atoms. The van der Waals surface area contributed by atoms with Gasteiger partial charge in [0.1, 0.15) is 17.3 Å². The summed E-state index contributed by atoms with van der Waals surface area (Å²) in [6.45, 7) is 3.78. The summed E-state index contributed by atoms with van der Waals surface area (Å²) < 4.78 is 0. The van der Waals surface area contributed by atoms with Crippen LogP contribution in [0.1, 0.15) is 65.2 Å². The van der Waals surface area contributed by atoms with Gasteiger partial charge in [-0.3, -0.25) is 0 Å². The van der Waals surface area contributed by atoms with Crippen LogP contribution in [-0.4, -0.2) is 46.7 Å². The third-order valence-electron chi connectivity index (χ3n) is 3.05. The first-order chi connectivity index (χ1) is 10.1. The number of hydrogen-bond acceptors (Lipinski definition) is 4. The van der Waals surface area contributed by atoms with Gasteiger partial charge in [-0.1, -0.05) is 45.4 Å². The number of carbonyl (C=O) groups is 1. The van der Waals surface area contributed by atoms with E-state index in [9.17, 15) is 0 Å². The second kappa shape index (κ2) is 19.7. The summed E-state index contributed by atoms with van der Waals surface area (Å²) in [5, 5.41) is 26.7. The first-order valence-corrected chi connectivity index (χ1v) is 9.85. The summed E-state index contributed by atoms with van der Waals surface area (Å²) in [7, 11) is 0.265. The predicted molar refractivity (Wildman–Crippen MR) is 89.4 cm³/mol. The van der Waals surface area contributed by atoms with Gasteiger partial charge in [-0.15, -0.1) is 0 Å². The molecule has 0 aromatic heterocycles. The van der Waals surface area contributed by atoms with Gasteiger partial charge in [-0.2, -0.15) is 0 Å². The molecular weight excluding hydrogens is 288 g/mol. The van der Waals surface area contributed by atoms with Crippen molar-refractivity contribution in [1.29, 1.82) is 0 Å². The van der Waals surface area contributed by atoms with Crippen LogP contribution >= 0.6 is 0 Å². The number of carbonyl (C=O) groups excluding carboxylic acids is 1. The average Bonchev–Trinajstić information content (AvgIpc) is 2.41. The number of carboxylic acid groups (broad SMARTS) is 1. The molecule has 0 aliphatic carbocycles. The minimum Gasteiger partial charge on any atom is -0.550 e. The molecule has 0 radical (unpaired) electrons. The molecule has 2 N–H and O–H groups in total. The van der Waals surface area contributed by atoms with Crippen LogP contribution in [-0.2, 0) is 15.7 Å². The van der Waals surface area contributed by atoms with Crippen LogP contribution in [0, 0.1) is 0 Å². The summed E-state index contributed by atoms with van der Waals surface area (Å²) in [5.41, 5.74) is 0. The molecule has 0 rings (SSSR count). The number of aliphatic hydroxyl groups is 2. The predicted octanol–water partition coefficient (Wildman–Crippen LogP) is 1.49. The van der Waals surface area contributed by atoms with Crippen molar-refractivity contribution in [2.24, 2.45) is 0 Å². The van der Waals surface area contributed by atoms with Crippen LogP contribution in [0.4, 0.5) is 0 Å². The summed E-state index contributed by atoms with van der Waals surface area (Å²) in [5.74, 6) is 1.89. The molecule has 4 nitrogen and oxygen atoms in total. The smallest absolute Gasteiger partial charge is 0.131 e. The normalized spacial score (nSPS) is 10.3. The molecule has 0 heterocycles. The standard InChI is InChI=1S/C14H31O2S.C2H4O2/c1-2-3-4-5-6-7-8-9-12-17(13-10-15)14-11-16;1-2(3)4/h15-16H,2-14H2,1H3;1H3,(H,3,4)/q+1;/p-1. The number of rotatable bonds is 13. The van der Waals surface area contributed by atoms with Gasteiger partial charge >= 0.3 is 0 Å². The maximum Gasteiger partial charge on any atom is 0.131 e. The van der Waals surface area contributed by atoms with E-state index in [4.69, 9.17) is 20.1 Å². The van der Waals surface area contributed by atoms with Crippen LogP contribution in [0.5, 0.6) is 0 Å². The fraction of sp³-hybridized carbons (Fsp3) is 0.938. The average molecular weight is 323 g/mol. The molecule has 0 aliphatic heterocycles. The minimum atomic E-state index is -1.08. The molecule has 0 saturated carbocycles. The molecular formula is C16H34O4S. The zero-order valence-electron chi connectivity index (χ0n) is 13.8. The number of hydrogen-bond donors (Lipinski definition) is 2. The monoisotopic (exact) mass is 322 g/mol. The van der Waals surface area contributed by atoms with Crippen molar-refractivity contribution in [3.63, 3.8) is 0 Å². The van der Waals surface area contributed by atoms with Crippen LogP contribution in [0.2, 0.25) is 0 Å². The van der Waals surface area contributed by atoms with Crippen LogP contribution in [0.3, 0.4) is 0 Å². The molecule has 0 aromatic carbocycles. The van der Waals surface area contributed by atoms with E-state index in [0.717, 1.165) is 18.4 Å². The quantitative estimate of drug-likeness (QED) is 0.398. The number of carboxylic acids is 1. The highest BCUT2D eigenvalue weighted by atomic mass is 32.2. The van der Waals surface area contributed by atoms with E-state index in [2.05, 4.69) is 6.92 Å². The molecule has 5 heteroatoms. The molecule has 0 amide bonds. The highest BCUT2D eigenvalue weighted by Gasteiger charge is 2.15. The van der Waals surface area contributed by atoms with Gasteiger partial charge < -0.3 is 20.1 Å². The summed E-state index contributed by atoms with van der Waals surface area (Å²) in [6, 6.07) is 0. The largest absolute Gasteiger partial charge is 0.550 e. The molecule has 0 aliphatic rings. The van der Waals surface area contributed by atoms with Crippen molar-refractivity contribution in [3.05, 3.63) is 0 Å². The van der Waals surface area contributed by atoms with E-state index < -0.39 is 5.97 Å². The van der Waals surface area contributed by atoms with Crippen molar-refractivity contribution >= 4 is 16.9 Å². The Balaban J connectivity index is 0. The van der Waals surface area contributed by atoms with Crippen molar-refractivity contribution in [1.82, 2.24) is 0 Å². The lowest BCUT2D eigenvalue weighted by Gasteiger charge is -2.06. The van der Waals surface area contributed by atoms with E-state index in [1.54, 1.807) is 0 Å². The van der Waals surface area contributed by atoms with Crippen molar-refractivity contribution in [2.45, 2.75) is 65.2 Å². The first-order valence-electron chi connectivity index (χ1n) is 8.11. The van der Waals surface area contributed by atoms with Gasteiger partial charge in [0.05, 0.1) is 13.2 Å². The topological polar surface area (TPSA) is 80.6 Å². The Hall–Kier alpha value is -0.260. The Morgan fingerprint density at radius 2 is 1.24 bits per heavy atom.